The van der Waals surface area contributed by atoms with Crippen molar-refractivity contribution in [2.75, 3.05) is 11.1 Å². The van der Waals surface area contributed by atoms with Crippen molar-refractivity contribution in [1.82, 2.24) is 14.8 Å². The van der Waals surface area contributed by atoms with Crippen molar-refractivity contribution in [2.24, 2.45) is 0 Å². The Balaban J connectivity index is 1.56. The van der Waals surface area contributed by atoms with Gasteiger partial charge in [-0.05, 0) is 43.9 Å². The molecule has 1 aromatic heterocycles. The van der Waals surface area contributed by atoms with Crippen molar-refractivity contribution in [3.8, 4) is 0 Å². The Morgan fingerprint density at radius 2 is 2.05 bits per heavy atom. The fraction of sp³-hybridized carbons (Fsp3) is 0.438. The van der Waals surface area contributed by atoms with Crippen LogP contribution in [0.25, 0.3) is 0 Å². The Hall–Kier alpha value is -1.82. The lowest BCUT2D eigenvalue weighted by molar-refractivity contribution is -0.113. The fourth-order valence-corrected chi connectivity index (χ4v) is 3.20. The third kappa shape index (κ3) is 3.50. The number of thioether (sulfide) groups is 1. The van der Waals surface area contributed by atoms with E-state index in [9.17, 15) is 4.79 Å². The van der Waals surface area contributed by atoms with Gasteiger partial charge in [-0.3, -0.25) is 4.79 Å². The van der Waals surface area contributed by atoms with E-state index in [-0.39, 0.29) is 5.91 Å². The van der Waals surface area contributed by atoms with Crippen molar-refractivity contribution < 1.29 is 4.79 Å². The molecule has 0 radical (unpaired) electrons. The van der Waals surface area contributed by atoms with Crippen molar-refractivity contribution in [3.05, 3.63) is 35.7 Å². The summed E-state index contributed by atoms with van der Waals surface area (Å²) in [6.07, 6.45) is 3.37. The molecule has 1 N–H and O–H groups in total. The maximum atomic E-state index is 12.1. The number of benzene rings is 1. The molecule has 1 heterocycles. The molecule has 0 saturated heterocycles. The molecule has 1 fully saturated rings. The number of nitrogens with zero attached hydrogens (tertiary/aromatic N) is 3. The van der Waals surface area contributed by atoms with Crippen LogP contribution >= 0.6 is 11.8 Å². The molecule has 1 amide bonds. The molecule has 1 aromatic carbocycles. The number of hydrogen-bond donors (Lipinski definition) is 1. The summed E-state index contributed by atoms with van der Waals surface area (Å²) in [6, 6.07) is 8.49. The highest BCUT2D eigenvalue weighted by atomic mass is 32.2. The minimum absolute atomic E-state index is 0.0164. The number of aryl methyl sites for hydroxylation is 2. The van der Waals surface area contributed by atoms with Crippen LogP contribution in [0.2, 0.25) is 0 Å². The van der Waals surface area contributed by atoms with E-state index in [4.69, 9.17) is 0 Å². The summed E-state index contributed by atoms with van der Waals surface area (Å²) in [5.74, 6) is 1.26. The third-order valence-electron chi connectivity index (χ3n) is 3.73. The topological polar surface area (TPSA) is 59.8 Å². The highest BCUT2D eigenvalue weighted by Crippen LogP contribution is 2.38. The second-order valence-corrected chi connectivity index (χ2v) is 6.46. The summed E-state index contributed by atoms with van der Waals surface area (Å²) >= 11 is 1.45. The van der Waals surface area contributed by atoms with Gasteiger partial charge in [-0.25, -0.2) is 0 Å². The molecule has 0 aliphatic heterocycles. The Morgan fingerprint density at radius 1 is 1.32 bits per heavy atom. The molecule has 1 saturated carbocycles. The van der Waals surface area contributed by atoms with E-state index >= 15 is 0 Å². The zero-order chi connectivity index (χ0) is 15.5. The van der Waals surface area contributed by atoms with Crippen molar-refractivity contribution >= 4 is 23.4 Å². The van der Waals surface area contributed by atoms with Crippen LogP contribution in [0.5, 0.6) is 0 Å². The molecule has 116 valence electrons. The molecule has 6 heteroatoms. The van der Waals surface area contributed by atoms with Gasteiger partial charge in [0.25, 0.3) is 0 Å². The molecule has 2 aromatic rings. The monoisotopic (exact) mass is 316 g/mol. The van der Waals surface area contributed by atoms with Gasteiger partial charge in [0.15, 0.2) is 5.16 Å². The average Bonchev–Trinajstić information content (AvgIpc) is 3.29. The summed E-state index contributed by atoms with van der Waals surface area (Å²) in [5.41, 5.74) is 2.10. The first-order chi connectivity index (χ1) is 10.7. The summed E-state index contributed by atoms with van der Waals surface area (Å²) in [5, 5.41) is 12.1. The lowest BCUT2D eigenvalue weighted by Crippen LogP contribution is -2.14. The van der Waals surface area contributed by atoms with Gasteiger partial charge in [0, 0.05) is 11.7 Å². The fourth-order valence-electron chi connectivity index (χ4n) is 2.35. The van der Waals surface area contributed by atoms with E-state index < -0.39 is 0 Å². The highest BCUT2D eigenvalue weighted by molar-refractivity contribution is 7.99. The molecule has 0 spiro atoms. The molecule has 0 atom stereocenters. The maximum absolute atomic E-state index is 12.1. The predicted octanol–water partition coefficient (Wildman–Crippen LogP) is 3.21. The lowest BCUT2D eigenvalue weighted by Gasteiger charge is -2.07. The number of anilines is 1. The van der Waals surface area contributed by atoms with Crippen LogP contribution in [0.3, 0.4) is 0 Å². The second-order valence-electron chi connectivity index (χ2n) is 5.52. The van der Waals surface area contributed by atoms with Gasteiger partial charge in [-0.15, -0.1) is 10.2 Å². The number of amides is 1. The standard InChI is InChI=1S/C16H20N4OS/c1-3-12-4-6-13(7-5-12)17-15(21)10-22-16-19-18-11(2)20(16)14-8-9-14/h4-7,14H,3,8-10H2,1-2H3,(H,17,21). The van der Waals surface area contributed by atoms with E-state index in [1.165, 1.54) is 30.2 Å². The summed E-state index contributed by atoms with van der Waals surface area (Å²) in [4.78, 5) is 12.1. The summed E-state index contributed by atoms with van der Waals surface area (Å²) in [6.45, 7) is 4.08. The molecule has 1 aliphatic rings. The Kier molecular flexibility index (Phi) is 4.47. The van der Waals surface area contributed by atoms with E-state index in [1.807, 2.05) is 31.2 Å². The highest BCUT2D eigenvalue weighted by Gasteiger charge is 2.28. The van der Waals surface area contributed by atoms with Crippen LogP contribution in [0.4, 0.5) is 5.69 Å². The van der Waals surface area contributed by atoms with Gasteiger partial charge < -0.3 is 9.88 Å². The van der Waals surface area contributed by atoms with Gasteiger partial charge in [-0.2, -0.15) is 0 Å². The predicted molar refractivity (Wildman–Crippen MR) is 88.2 cm³/mol. The number of rotatable bonds is 6. The first-order valence-electron chi connectivity index (χ1n) is 7.60. The molecule has 0 unspecified atom stereocenters. The SMILES string of the molecule is CCc1ccc(NC(=O)CSc2nnc(C)n2C2CC2)cc1. The van der Waals surface area contributed by atoms with Gasteiger partial charge in [0.1, 0.15) is 5.82 Å². The minimum atomic E-state index is -0.0164. The first-order valence-corrected chi connectivity index (χ1v) is 8.59. The van der Waals surface area contributed by atoms with Crippen LogP contribution in [0.1, 0.15) is 37.2 Å². The van der Waals surface area contributed by atoms with E-state index in [0.29, 0.717) is 11.8 Å². The summed E-state index contributed by atoms with van der Waals surface area (Å²) in [7, 11) is 0. The number of nitrogens with one attached hydrogen (secondary N) is 1. The number of carbonyl (C=O) groups is 1. The zero-order valence-corrected chi connectivity index (χ0v) is 13.7. The van der Waals surface area contributed by atoms with Crippen molar-refractivity contribution in [3.63, 3.8) is 0 Å². The molecular formula is C16H20N4OS. The smallest absolute Gasteiger partial charge is 0.234 e. The summed E-state index contributed by atoms with van der Waals surface area (Å²) < 4.78 is 2.15. The van der Waals surface area contributed by atoms with Gasteiger partial charge in [-0.1, -0.05) is 30.8 Å². The molecule has 0 bridgehead atoms. The normalized spacial score (nSPS) is 14.1. The van der Waals surface area contributed by atoms with E-state index in [1.54, 1.807) is 0 Å². The van der Waals surface area contributed by atoms with Gasteiger partial charge >= 0.3 is 0 Å². The molecule has 3 rings (SSSR count). The van der Waals surface area contributed by atoms with Crippen molar-refractivity contribution in [1.29, 1.82) is 0 Å². The second kappa shape index (κ2) is 6.52. The van der Waals surface area contributed by atoms with Crippen molar-refractivity contribution in [2.45, 2.75) is 44.3 Å². The van der Waals surface area contributed by atoms with Gasteiger partial charge in [0.05, 0.1) is 5.75 Å². The maximum Gasteiger partial charge on any atom is 0.234 e. The van der Waals surface area contributed by atoms with Crippen LogP contribution in [-0.4, -0.2) is 26.4 Å². The van der Waals surface area contributed by atoms with Crippen LogP contribution < -0.4 is 5.32 Å². The van der Waals surface area contributed by atoms with Gasteiger partial charge in [0.2, 0.25) is 5.91 Å². The Morgan fingerprint density at radius 3 is 2.68 bits per heavy atom. The number of carbonyl (C=O) groups excluding carboxylic acids is 1. The zero-order valence-electron chi connectivity index (χ0n) is 12.9. The third-order valence-corrected chi connectivity index (χ3v) is 4.67. The number of aromatic nitrogens is 3. The quantitative estimate of drug-likeness (QED) is 0.831. The molecule has 5 nitrogen and oxygen atoms in total. The first kappa shape index (κ1) is 15.1. The van der Waals surface area contributed by atoms with Crippen LogP contribution in [0, 0.1) is 6.92 Å². The van der Waals surface area contributed by atoms with E-state index in [2.05, 4.69) is 27.0 Å². The molecular weight excluding hydrogens is 296 g/mol. The van der Waals surface area contributed by atoms with Crippen LogP contribution in [0.15, 0.2) is 29.4 Å². The average molecular weight is 316 g/mol. The molecule has 1 aliphatic carbocycles. The minimum Gasteiger partial charge on any atom is -0.325 e. The Labute approximate surface area is 134 Å². The van der Waals surface area contributed by atoms with E-state index in [0.717, 1.165) is 23.1 Å². The Bertz CT molecular complexity index is 661. The molecule has 22 heavy (non-hydrogen) atoms. The number of hydrogen-bond acceptors (Lipinski definition) is 4. The largest absolute Gasteiger partial charge is 0.325 e. The lowest BCUT2D eigenvalue weighted by atomic mass is 10.1. The van der Waals surface area contributed by atoms with Crippen LogP contribution in [-0.2, 0) is 11.2 Å².